The third-order valence-electron chi connectivity index (χ3n) is 13.0. The topological polar surface area (TPSA) is 112 Å². The third-order valence-corrected chi connectivity index (χ3v) is 15.1. The molecule has 1 saturated heterocycles. The summed E-state index contributed by atoms with van der Waals surface area (Å²) >= 11 is 6.49. The average Bonchev–Trinajstić information content (AvgIpc) is 3.26. The second kappa shape index (κ2) is 15.2. The Labute approximate surface area is 314 Å². The number of anilines is 1. The van der Waals surface area contributed by atoms with Crippen LogP contribution in [0.2, 0.25) is 5.02 Å². The molecule has 6 atom stereocenters. The number of aliphatic hydroxyl groups is 1. The maximum Gasteiger partial charge on any atom is 0.264 e. The van der Waals surface area contributed by atoms with Crippen LogP contribution in [0.25, 0.3) is 0 Å². The molecule has 0 aromatic heterocycles. The van der Waals surface area contributed by atoms with E-state index in [9.17, 15) is 18.3 Å². The molecule has 2 aromatic carbocycles. The number of fused-ring (bicyclic) bond motifs is 4. The van der Waals surface area contributed by atoms with Crippen LogP contribution in [-0.4, -0.2) is 113 Å². The molecule has 3 aliphatic heterocycles. The van der Waals surface area contributed by atoms with Gasteiger partial charge in [0.05, 0.1) is 24.2 Å². The van der Waals surface area contributed by atoms with Crippen LogP contribution in [-0.2, 0) is 26.6 Å². The number of ether oxygens (including phenoxy) is 2. The number of aliphatic hydroxyl groups excluding tert-OH is 1. The van der Waals surface area contributed by atoms with Gasteiger partial charge in [-0.25, -0.2) is 13.1 Å². The van der Waals surface area contributed by atoms with Crippen molar-refractivity contribution in [1.29, 1.82) is 0 Å². The smallest absolute Gasteiger partial charge is 0.264 e. The number of halogens is 1. The van der Waals surface area contributed by atoms with E-state index in [0.29, 0.717) is 43.3 Å². The Morgan fingerprint density at radius 3 is 2.60 bits per heavy atom. The van der Waals surface area contributed by atoms with Gasteiger partial charge in [-0.3, -0.25) is 14.6 Å². The van der Waals surface area contributed by atoms with Gasteiger partial charge in [-0.15, -0.1) is 0 Å². The summed E-state index contributed by atoms with van der Waals surface area (Å²) < 4.78 is 42.9. The molecule has 2 aliphatic carbocycles. The maximum atomic E-state index is 13.6. The maximum absolute atomic E-state index is 13.6. The number of hydrogen-bond donors (Lipinski definition) is 2. The standard InChI is InChI=1S/C40H55ClN4O6S/c1-28-6-4-15-40(50-3,26-44-18-16-43(17-19-44)20-21-46)35-11-8-32(35)24-45-25-39(14-5-7-30-22-33(41)10-12-34(30)39)27-51-37-13-9-31(23-36(37)45)38(47)42-52(48,49)29(28)2/h4,9-10,12-13,15,22-23,28-29,32,35,46H,5-8,11,14,16-21,24-27H2,1-3H3,(H,42,47)/b15-4-/t28-,29+,32-,35+,39-,40+/m0/s1. The normalized spacial score (nSPS) is 33.2. The van der Waals surface area contributed by atoms with Crippen LogP contribution in [0, 0.1) is 17.8 Å². The molecule has 284 valence electrons. The van der Waals surface area contributed by atoms with E-state index in [1.165, 1.54) is 11.1 Å². The summed E-state index contributed by atoms with van der Waals surface area (Å²) in [6.07, 6.45) is 9.94. The van der Waals surface area contributed by atoms with Gasteiger partial charge in [-0.05, 0) is 105 Å². The number of piperazine rings is 1. The fourth-order valence-electron chi connectivity index (χ4n) is 9.47. The Hall–Kier alpha value is -2.67. The molecular formula is C40H55ClN4O6S. The summed E-state index contributed by atoms with van der Waals surface area (Å²) in [5, 5.41) is 9.46. The van der Waals surface area contributed by atoms with Crippen molar-refractivity contribution in [1.82, 2.24) is 14.5 Å². The molecular weight excluding hydrogens is 700 g/mol. The van der Waals surface area contributed by atoms with Crippen molar-refractivity contribution < 1.29 is 27.8 Å². The lowest BCUT2D eigenvalue weighted by Gasteiger charge is -2.52. The molecule has 12 heteroatoms. The van der Waals surface area contributed by atoms with Gasteiger partial charge in [0.15, 0.2) is 0 Å². The molecule has 7 rings (SSSR count). The molecule has 52 heavy (non-hydrogen) atoms. The first-order valence-electron chi connectivity index (χ1n) is 19.1. The summed E-state index contributed by atoms with van der Waals surface area (Å²) in [5.41, 5.74) is 2.82. The second-order valence-corrected chi connectivity index (χ2v) is 18.5. The molecule has 10 nitrogen and oxygen atoms in total. The number of nitrogens with one attached hydrogen (secondary N) is 1. The minimum Gasteiger partial charge on any atom is -0.490 e. The van der Waals surface area contributed by atoms with Crippen LogP contribution >= 0.6 is 11.6 Å². The number of nitrogens with zero attached hydrogens (tertiary/aromatic N) is 3. The van der Waals surface area contributed by atoms with Crippen molar-refractivity contribution >= 4 is 33.2 Å². The van der Waals surface area contributed by atoms with Crippen molar-refractivity contribution in [2.45, 2.75) is 68.6 Å². The van der Waals surface area contributed by atoms with Gasteiger partial charge in [-0.2, -0.15) is 0 Å². The minimum atomic E-state index is -3.96. The van der Waals surface area contributed by atoms with E-state index in [1.54, 1.807) is 13.0 Å². The molecule has 1 spiro atoms. The SMILES string of the molecule is CO[C@@]1(CN2CCN(CCO)CC2)/C=C\C[C@H](C)[C@@H](C)S(=O)(=O)NC(=O)c2ccc3c(c2)N(C[C@@H]2CC[C@H]21)C[C@@]1(CCCc2cc(Cl)ccc21)CO3. The number of carbonyl (C=O) groups is 1. The highest BCUT2D eigenvalue weighted by atomic mass is 35.5. The van der Waals surface area contributed by atoms with Gasteiger partial charge >= 0.3 is 0 Å². The number of hydrogen-bond acceptors (Lipinski definition) is 9. The first kappa shape index (κ1) is 37.6. The molecule has 2 N–H and O–H groups in total. The van der Waals surface area contributed by atoms with Crippen LogP contribution in [0.1, 0.15) is 67.4 Å². The summed E-state index contributed by atoms with van der Waals surface area (Å²) in [6.45, 7) is 10.8. The molecule has 3 heterocycles. The monoisotopic (exact) mass is 754 g/mol. The summed E-state index contributed by atoms with van der Waals surface area (Å²) in [4.78, 5) is 20.8. The highest BCUT2D eigenvalue weighted by Gasteiger charge is 2.50. The molecule has 2 bridgehead atoms. The van der Waals surface area contributed by atoms with E-state index < -0.39 is 26.8 Å². The van der Waals surface area contributed by atoms with Crippen LogP contribution < -0.4 is 14.4 Å². The van der Waals surface area contributed by atoms with Gasteiger partial charge in [0.2, 0.25) is 10.0 Å². The van der Waals surface area contributed by atoms with Crippen molar-refractivity contribution in [2.24, 2.45) is 17.8 Å². The number of carbonyl (C=O) groups excluding carboxylic acids is 1. The predicted molar refractivity (Wildman–Crippen MR) is 205 cm³/mol. The minimum absolute atomic E-state index is 0.164. The number of β-amino-alcohol motifs (C(OH)–C–C–N with tert-alkyl or cyclic N) is 1. The van der Waals surface area contributed by atoms with Gasteiger partial charge in [0.1, 0.15) is 11.4 Å². The highest BCUT2D eigenvalue weighted by Crippen LogP contribution is 2.49. The Kier molecular flexibility index (Phi) is 11.0. The van der Waals surface area contributed by atoms with Crippen LogP contribution in [0.15, 0.2) is 48.6 Å². The first-order chi connectivity index (χ1) is 25.0. The van der Waals surface area contributed by atoms with Crippen LogP contribution in [0.5, 0.6) is 5.75 Å². The third kappa shape index (κ3) is 7.38. The number of benzene rings is 2. The zero-order valence-electron chi connectivity index (χ0n) is 30.9. The number of rotatable bonds is 5. The number of amides is 1. The number of sulfonamides is 1. The van der Waals surface area contributed by atoms with E-state index >= 15 is 0 Å². The first-order valence-corrected chi connectivity index (χ1v) is 21.0. The van der Waals surface area contributed by atoms with Crippen molar-refractivity contribution in [2.75, 3.05) is 77.6 Å². The Balaban J connectivity index is 1.28. The van der Waals surface area contributed by atoms with E-state index in [0.717, 1.165) is 82.1 Å². The van der Waals surface area contributed by atoms with Crippen LogP contribution in [0.3, 0.4) is 0 Å². The number of allylic oxidation sites excluding steroid dienone is 1. The Bertz CT molecular complexity index is 1770. The van der Waals surface area contributed by atoms with Gasteiger partial charge in [0.25, 0.3) is 5.91 Å². The molecule has 2 aromatic rings. The Morgan fingerprint density at radius 2 is 1.87 bits per heavy atom. The molecule has 2 fully saturated rings. The van der Waals surface area contributed by atoms with Crippen molar-refractivity contribution in [3.05, 3.63) is 70.3 Å². The molecule has 1 saturated carbocycles. The van der Waals surface area contributed by atoms with E-state index in [2.05, 4.69) is 43.7 Å². The summed E-state index contributed by atoms with van der Waals surface area (Å²) in [7, 11) is -2.14. The Morgan fingerprint density at radius 1 is 1.08 bits per heavy atom. The number of methoxy groups -OCH3 is 1. The summed E-state index contributed by atoms with van der Waals surface area (Å²) in [6, 6.07) is 11.6. The lowest BCUT2D eigenvalue weighted by Crippen LogP contribution is -2.59. The zero-order chi connectivity index (χ0) is 36.7. The molecule has 5 aliphatic rings. The van der Waals surface area contributed by atoms with Crippen molar-refractivity contribution in [3.8, 4) is 5.75 Å². The van der Waals surface area contributed by atoms with E-state index in [1.807, 2.05) is 32.2 Å². The molecule has 1 amide bonds. The second-order valence-electron chi connectivity index (χ2n) is 16.0. The predicted octanol–water partition coefficient (Wildman–Crippen LogP) is 4.88. The fraction of sp³-hybridized carbons (Fsp3) is 0.625. The zero-order valence-corrected chi connectivity index (χ0v) is 32.4. The average molecular weight is 755 g/mol. The van der Waals surface area contributed by atoms with Crippen molar-refractivity contribution in [3.63, 3.8) is 0 Å². The lowest BCUT2D eigenvalue weighted by atomic mass is 9.63. The largest absolute Gasteiger partial charge is 0.490 e. The van der Waals surface area contributed by atoms with Gasteiger partial charge < -0.3 is 19.5 Å². The quantitative estimate of drug-likeness (QED) is 0.413. The fourth-order valence-corrected chi connectivity index (χ4v) is 10.9. The summed E-state index contributed by atoms with van der Waals surface area (Å²) in [5.74, 6) is 0.401. The van der Waals surface area contributed by atoms with Gasteiger partial charge in [-0.1, -0.05) is 36.7 Å². The molecule has 0 radical (unpaired) electrons. The lowest BCUT2D eigenvalue weighted by molar-refractivity contribution is -0.0956. The van der Waals surface area contributed by atoms with Crippen LogP contribution in [0.4, 0.5) is 5.69 Å². The molecule has 0 unspecified atom stereocenters. The highest BCUT2D eigenvalue weighted by molar-refractivity contribution is 7.90. The van der Waals surface area contributed by atoms with Gasteiger partial charge in [0, 0.05) is 75.5 Å². The van der Waals surface area contributed by atoms with E-state index in [-0.39, 0.29) is 23.9 Å². The van der Waals surface area contributed by atoms with E-state index in [4.69, 9.17) is 21.1 Å². The number of aryl methyl sites for hydroxylation is 1.